The molecule has 0 spiro atoms. The van der Waals surface area contributed by atoms with E-state index >= 15 is 0 Å². The van der Waals surface area contributed by atoms with Gasteiger partial charge in [0.2, 0.25) is 0 Å². The highest BCUT2D eigenvalue weighted by atomic mass is 79.9. The van der Waals surface area contributed by atoms with E-state index in [-0.39, 0.29) is 5.54 Å². The van der Waals surface area contributed by atoms with Crippen molar-refractivity contribution in [1.82, 2.24) is 4.98 Å². The molecular formula is C13H15BrN2. The summed E-state index contributed by atoms with van der Waals surface area (Å²) in [4.78, 5) is 3.45. The summed E-state index contributed by atoms with van der Waals surface area (Å²) in [6.45, 7) is 0. The fourth-order valence-corrected chi connectivity index (χ4v) is 2.45. The third-order valence-corrected chi connectivity index (χ3v) is 3.92. The van der Waals surface area contributed by atoms with E-state index in [4.69, 9.17) is 5.73 Å². The maximum Gasteiger partial charge on any atom is 0.0467 e. The van der Waals surface area contributed by atoms with Crippen LogP contribution in [-0.4, -0.2) is 10.5 Å². The van der Waals surface area contributed by atoms with Crippen molar-refractivity contribution >= 4 is 26.8 Å². The number of H-pyrrole nitrogens is 1. The molecule has 3 N–H and O–H groups in total. The summed E-state index contributed by atoms with van der Waals surface area (Å²) >= 11 is 3.48. The van der Waals surface area contributed by atoms with Crippen LogP contribution in [0.1, 0.15) is 25.0 Å². The first-order chi connectivity index (χ1) is 7.65. The van der Waals surface area contributed by atoms with Gasteiger partial charge in [0.1, 0.15) is 0 Å². The summed E-state index contributed by atoms with van der Waals surface area (Å²) in [5, 5.41) is 1.28. The number of hydrogen-bond donors (Lipinski definition) is 2. The summed E-state index contributed by atoms with van der Waals surface area (Å²) in [7, 11) is 0. The molecule has 1 fully saturated rings. The molecule has 84 valence electrons. The fourth-order valence-electron chi connectivity index (χ4n) is 2.09. The maximum atomic E-state index is 6.09. The first-order valence-electron chi connectivity index (χ1n) is 5.71. The van der Waals surface area contributed by atoms with Crippen LogP contribution in [0.2, 0.25) is 0 Å². The Labute approximate surface area is 103 Å². The Kier molecular flexibility index (Phi) is 2.33. The van der Waals surface area contributed by atoms with Crippen molar-refractivity contribution in [3.63, 3.8) is 0 Å². The number of nitrogens with two attached hydrogens (primary N) is 1. The van der Waals surface area contributed by atoms with Gasteiger partial charge < -0.3 is 10.7 Å². The topological polar surface area (TPSA) is 41.8 Å². The van der Waals surface area contributed by atoms with Gasteiger partial charge in [-0.2, -0.15) is 0 Å². The number of nitrogens with one attached hydrogen (secondary N) is 1. The first kappa shape index (κ1) is 10.4. The zero-order valence-corrected chi connectivity index (χ0v) is 10.7. The molecule has 3 heteroatoms. The van der Waals surface area contributed by atoms with Crippen molar-refractivity contribution in [1.29, 1.82) is 0 Å². The molecule has 1 aromatic heterocycles. The molecule has 16 heavy (non-hydrogen) atoms. The Bertz CT molecular complexity index is 526. The third kappa shape index (κ3) is 2.02. The Morgan fingerprint density at radius 2 is 2.12 bits per heavy atom. The van der Waals surface area contributed by atoms with Gasteiger partial charge in [0.05, 0.1) is 0 Å². The first-order valence-corrected chi connectivity index (χ1v) is 6.50. The molecule has 0 atom stereocenters. The second-order valence-corrected chi connectivity index (χ2v) is 5.80. The average molecular weight is 279 g/mol. The van der Waals surface area contributed by atoms with Crippen LogP contribution >= 0.6 is 15.9 Å². The lowest BCUT2D eigenvalue weighted by atomic mass is 10.1. The Balaban J connectivity index is 1.82. The molecular weight excluding hydrogens is 264 g/mol. The Hall–Kier alpha value is -0.800. The smallest absolute Gasteiger partial charge is 0.0467 e. The number of rotatable bonds is 3. The zero-order chi connectivity index (χ0) is 11.2. The van der Waals surface area contributed by atoms with Crippen molar-refractivity contribution in [3.8, 4) is 0 Å². The normalized spacial score (nSPS) is 17.9. The second kappa shape index (κ2) is 3.60. The summed E-state index contributed by atoms with van der Waals surface area (Å²) in [6, 6.07) is 8.56. The van der Waals surface area contributed by atoms with Gasteiger partial charge >= 0.3 is 0 Å². The van der Waals surface area contributed by atoms with Crippen molar-refractivity contribution < 1.29 is 0 Å². The van der Waals surface area contributed by atoms with E-state index in [0.717, 1.165) is 17.3 Å². The number of benzene rings is 1. The molecule has 3 rings (SSSR count). The van der Waals surface area contributed by atoms with E-state index in [9.17, 15) is 0 Å². The lowest BCUT2D eigenvalue weighted by Gasteiger charge is -2.05. The lowest BCUT2D eigenvalue weighted by molar-refractivity contribution is 0.605. The summed E-state index contributed by atoms with van der Waals surface area (Å²) < 4.78 is 1.12. The number of fused-ring (bicyclic) bond motifs is 1. The zero-order valence-electron chi connectivity index (χ0n) is 9.09. The van der Waals surface area contributed by atoms with Gasteiger partial charge in [-0.25, -0.2) is 0 Å². The predicted molar refractivity (Wildman–Crippen MR) is 70.5 cm³/mol. The average Bonchev–Trinajstić information content (AvgIpc) is 2.85. The summed E-state index contributed by atoms with van der Waals surface area (Å²) in [5.74, 6) is 0. The molecule has 1 heterocycles. The van der Waals surface area contributed by atoms with Crippen molar-refractivity contribution in [3.05, 3.63) is 34.4 Å². The quantitative estimate of drug-likeness (QED) is 0.888. The van der Waals surface area contributed by atoms with E-state index in [0.29, 0.717) is 0 Å². The largest absolute Gasteiger partial charge is 0.358 e. The van der Waals surface area contributed by atoms with Crippen LogP contribution in [0, 0.1) is 0 Å². The minimum absolute atomic E-state index is 0.151. The third-order valence-electron chi connectivity index (χ3n) is 3.42. The standard InChI is InChI=1S/C13H15BrN2/c14-10-2-1-9-7-11(16-12(9)8-10)3-4-13(15)5-6-13/h1-2,7-8,16H,3-6,15H2. The van der Waals surface area contributed by atoms with Crippen LogP contribution in [0.3, 0.4) is 0 Å². The van der Waals surface area contributed by atoms with Gasteiger partial charge in [0, 0.05) is 21.2 Å². The molecule has 2 nitrogen and oxygen atoms in total. The van der Waals surface area contributed by atoms with Crippen LogP contribution in [0.4, 0.5) is 0 Å². The molecule has 1 aliphatic rings. The molecule has 1 aromatic carbocycles. The van der Waals surface area contributed by atoms with E-state index in [2.05, 4.69) is 45.2 Å². The lowest BCUT2D eigenvalue weighted by Crippen LogP contribution is -2.22. The maximum absolute atomic E-state index is 6.09. The molecule has 1 aliphatic carbocycles. The summed E-state index contributed by atoms with van der Waals surface area (Å²) in [5.41, 5.74) is 8.74. The van der Waals surface area contributed by atoms with Gasteiger partial charge in [-0.15, -0.1) is 0 Å². The second-order valence-electron chi connectivity index (χ2n) is 4.89. The van der Waals surface area contributed by atoms with E-state index in [1.807, 2.05) is 0 Å². The van der Waals surface area contributed by atoms with Crippen LogP contribution in [-0.2, 0) is 6.42 Å². The fraction of sp³-hybridized carbons (Fsp3) is 0.385. The molecule has 1 saturated carbocycles. The predicted octanol–water partition coefficient (Wildman–Crippen LogP) is 3.35. The number of aromatic amines is 1. The SMILES string of the molecule is NC1(CCc2cc3ccc(Br)cc3[nH]2)CC1. The van der Waals surface area contributed by atoms with Crippen molar-refractivity contribution in [2.24, 2.45) is 5.73 Å². The highest BCUT2D eigenvalue weighted by molar-refractivity contribution is 9.10. The van der Waals surface area contributed by atoms with Crippen LogP contribution < -0.4 is 5.73 Å². The van der Waals surface area contributed by atoms with Gasteiger partial charge in [-0.3, -0.25) is 0 Å². The molecule has 2 aromatic rings. The molecule has 0 unspecified atom stereocenters. The Morgan fingerprint density at radius 1 is 1.31 bits per heavy atom. The molecule has 0 radical (unpaired) electrons. The monoisotopic (exact) mass is 278 g/mol. The van der Waals surface area contributed by atoms with E-state index in [1.54, 1.807) is 0 Å². The Morgan fingerprint density at radius 3 is 2.88 bits per heavy atom. The van der Waals surface area contributed by atoms with Crippen LogP contribution in [0.25, 0.3) is 10.9 Å². The van der Waals surface area contributed by atoms with Crippen LogP contribution in [0.15, 0.2) is 28.7 Å². The molecule has 0 amide bonds. The summed E-state index contributed by atoms with van der Waals surface area (Å²) in [6.07, 6.45) is 4.54. The minimum atomic E-state index is 0.151. The molecule has 0 aliphatic heterocycles. The van der Waals surface area contributed by atoms with E-state index in [1.165, 1.54) is 29.4 Å². The number of aryl methyl sites for hydroxylation is 1. The number of hydrogen-bond acceptors (Lipinski definition) is 1. The van der Waals surface area contributed by atoms with Crippen molar-refractivity contribution in [2.75, 3.05) is 0 Å². The van der Waals surface area contributed by atoms with E-state index < -0.39 is 0 Å². The molecule has 0 saturated heterocycles. The van der Waals surface area contributed by atoms with Gasteiger partial charge in [0.15, 0.2) is 0 Å². The van der Waals surface area contributed by atoms with Crippen LogP contribution in [0.5, 0.6) is 0 Å². The number of aromatic nitrogens is 1. The van der Waals surface area contributed by atoms with Gasteiger partial charge in [-0.05, 0) is 49.3 Å². The highest BCUT2D eigenvalue weighted by Crippen LogP contribution is 2.36. The number of halogens is 1. The minimum Gasteiger partial charge on any atom is -0.358 e. The molecule has 0 bridgehead atoms. The van der Waals surface area contributed by atoms with Gasteiger partial charge in [-0.1, -0.05) is 22.0 Å². The highest BCUT2D eigenvalue weighted by Gasteiger charge is 2.37. The van der Waals surface area contributed by atoms with Crippen molar-refractivity contribution in [2.45, 2.75) is 31.2 Å². The van der Waals surface area contributed by atoms with Gasteiger partial charge in [0.25, 0.3) is 0 Å².